The van der Waals surface area contributed by atoms with Crippen molar-refractivity contribution in [2.24, 2.45) is 0 Å². The Hall–Kier alpha value is -1.35. The van der Waals surface area contributed by atoms with E-state index < -0.39 is 0 Å². The molecule has 0 atom stereocenters. The molecule has 18 heavy (non-hydrogen) atoms. The van der Waals surface area contributed by atoms with Crippen LogP contribution in [0.15, 0.2) is 23.9 Å². The number of nitrogens with one attached hydrogen (secondary N) is 1. The predicted molar refractivity (Wildman–Crippen MR) is 73.8 cm³/mol. The lowest BCUT2D eigenvalue weighted by Crippen LogP contribution is -2.15. The van der Waals surface area contributed by atoms with Crippen LogP contribution in [0.3, 0.4) is 0 Å². The van der Waals surface area contributed by atoms with Crippen molar-refractivity contribution in [2.45, 2.75) is 39.0 Å². The quantitative estimate of drug-likeness (QED) is 0.824. The van der Waals surface area contributed by atoms with Crippen LogP contribution in [0.25, 0.3) is 0 Å². The molecular weight excluding hydrogens is 248 g/mol. The first-order chi connectivity index (χ1) is 8.66. The minimum atomic E-state index is -0.0101. The summed E-state index contributed by atoms with van der Waals surface area (Å²) >= 11 is 5.79. The average Bonchev–Trinajstić information content (AvgIpc) is 2.61. The van der Waals surface area contributed by atoms with E-state index in [1.54, 1.807) is 12.3 Å². The molecule has 0 spiro atoms. The van der Waals surface area contributed by atoms with E-state index in [0.29, 0.717) is 5.15 Å². The number of carbonyl (C=O) groups excluding carboxylic acids is 1. The fraction of sp³-hybridized carbons (Fsp3) is 0.429. The maximum Gasteiger partial charge on any atom is 0.251 e. The lowest BCUT2D eigenvalue weighted by Gasteiger charge is -2.09. The van der Waals surface area contributed by atoms with Gasteiger partial charge >= 0.3 is 0 Å². The van der Waals surface area contributed by atoms with Gasteiger partial charge in [0.25, 0.3) is 5.91 Å². The van der Waals surface area contributed by atoms with Gasteiger partial charge in [0.05, 0.1) is 11.9 Å². The van der Waals surface area contributed by atoms with Gasteiger partial charge in [-0.2, -0.15) is 0 Å². The molecule has 3 nitrogen and oxygen atoms in total. The molecule has 1 aromatic rings. The molecule has 0 radical (unpaired) electrons. The molecular formula is C14H17ClN2O. The maximum atomic E-state index is 12.1. The number of hydrogen-bond acceptors (Lipinski definition) is 2. The number of pyridine rings is 1. The van der Waals surface area contributed by atoms with E-state index in [1.165, 1.54) is 12.8 Å². The molecule has 0 bridgehead atoms. The fourth-order valence-electron chi connectivity index (χ4n) is 2.08. The number of aryl methyl sites for hydroxylation is 1. The van der Waals surface area contributed by atoms with E-state index in [9.17, 15) is 4.79 Å². The summed E-state index contributed by atoms with van der Waals surface area (Å²) in [5.74, 6) is -0.0101. The maximum absolute atomic E-state index is 12.1. The van der Waals surface area contributed by atoms with E-state index in [2.05, 4.69) is 16.4 Å². The van der Waals surface area contributed by atoms with Crippen molar-refractivity contribution < 1.29 is 4.79 Å². The van der Waals surface area contributed by atoms with Crippen LogP contribution in [-0.4, -0.2) is 10.9 Å². The van der Waals surface area contributed by atoms with E-state index in [4.69, 9.17) is 11.6 Å². The first kappa shape index (κ1) is 13.1. The van der Waals surface area contributed by atoms with Crippen molar-refractivity contribution in [3.8, 4) is 0 Å². The Balaban J connectivity index is 2.08. The topological polar surface area (TPSA) is 42.0 Å². The van der Waals surface area contributed by atoms with Crippen molar-refractivity contribution >= 4 is 23.2 Å². The molecule has 0 unspecified atom stereocenters. The average molecular weight is 265 g/mol. The standard InChI is InChI=1S/C14H17ClN2O/c1-10-8-13(15)16-9-12(10)17-14(18)11-6-4-2-3-5-7-11/h6,8-9H,2-5,7H2,1H3,(H,17,18). The van der Waals surface area contributed by atoms with Gasteiger partial charge in [0, 0.05) is 5.57 Å². The molecule has 0 saturated heterocycles. The molecule has 2 rings (SSSR count). The molecule has 0 aliphatic heterocycles. The summed E-state index contributed by atoms with van der Waals surface area (Å²) in [4.78, 5) is 16.1. The van der Waals surface area contributed by atoms with Gasteiger partial charge in [-0.15, -0.1) is 0 Å². The summed E-state index contributed by atoms with van der Waals surface area (Å²) in [5.41, 5.74) is 2.55. The third-order valence-corrected chi connectivity index (χ3v) is 3.36. The molecule has 1 aliphatic carbocycles. The third-order valence-electron chi connectivity index (χ3n) is 3.16. The lowest BCUT2D eigenvalue weighted by atomic mass is 10.1. The van der Waals surface area contributed by atoms with Gasteiger partial charge in [0.15, 0.2) is 0 Å². The number of aromatic nitrogens is 1. The van der Waals surface area contributed by atoms with Gasteiger partial charge in [-0.25, -0.2) is 4.98 Å². The fourth-order valence-corrected chi connectivity index (χ4v) is 2.29. The predicted octanol–water partition coefficient (Wildman–Crippen LogP) is 3.87. The zero-order valence-electron chi connectivity index (χ0n) is 10.5. The van der Waals surface area contributed by atoms with Crippen LogP contribution in [0.2, 0.25) is 5.15 Å². The number of allylic oxidation sites excluding steroid dienone is 1. The van der Waals surface area contributed by atoms with Crippen molar-refractivity contribution in [3.63, 3.8) is 0 Å². The summed E-state index contributed by atoms with van der Waals surface area (Å²) in [7, 11) is 0. The molecule has 0 saturated carbocycles. The number of amides is 1. The Morgan fingerprint density at radius 3 is 3.00 bits per heavy atom. The van der Waals surface area contributed by atoms with Crippen LogP contribution in [-0.2, 0) is 4.79 Å². The molecule has 1 amide bonds. The number of halogens is 1. The van der Waals surface area contributed by atoms with E-state index in [1.807, 2.05) is 6.92 Å². The lowest BCUT2D eigenvalue weighted by molar-refractivity contribution is -0.113. The van der Waals surface area contributed by atoms with Gasteiger partial charge in [-0.05, 0) is 44.2 Å². The number of hydrogen-bond donors (Lipinski definition) is 1. The van der Waals surface area contributed by atoms with Crippen molar-refractivity contribution in [1.29, 1.82) is 0 Å². The van der Waals surface area contributed by atoms with Crippen molar-refractivity contribution in [3.05, 3.63) is 34.6 Å². The minimum absolute atomic E-state index is 0.0101. The number of carbonyl (C=O) groups is 1. The highest BCUT2D eigenvalue weighted by Gasteiger charge is 2.12. The van der Waals surface area contributed by atoms with Crippen molar-refractivity contribution in [2.75, 3.05) is 5.32 Å². The number of rotatable bonds is 2. The number of nitrogens with zero attached hydrogens (tertiary/aromatic N) is 1. The monoisotopic (exact) mass is 264 g/mol. The molecule has 0 aromatic carbocycles. The number of anilines is 1. The Morgan fingerprint density at radius 2 is 2.22 bits per heavy atom. The van der Waals surface area contributed by atoms with Gasteiger partial charge < -0.3 is 5.32 Å². The molecule has 96 valence electrons. The van der Waals surface area contributed by atoms with Crippen LogP contribution < -0.4 is 5.32 Å². The summed E-state index contributed by atoms with van der Waals surface area (Å²) in [6, 6.07) is 1.75. The molecule has 1 heterocycles. The third kappa shape index (κ3) is 3.33. The summed E-state index contributed by atoms with van der Waals surface area (Å²) < 4.78 is 0. The summed E-state index contributed by atoms with van der Waals surface area (Å²) in [5, 5.41) is 3.35. The van der Waals surface area contributed by atoms with E-state index in [0.717, 1.165) is 36.1 Å². The summed E-state index contributed by atoms with van der Waals surface area (Å²) in [6.07, 6.45) is 9.00. The first-order valence-electron chi connectivity index (χ1n) is 6.29. The van der Waals surface area contributed by atoms with Crippen LogP contribution >= 0.6 is 11.6 Å². The van der Waals surface area contributed by atoms with E-state index in [-0.39, 0.29) is 5.91 Å². The van der Waals surface area contributed by atoms with Gasteiger partial charge in [-0.3, -0.25) is 4.79 Å². The smallest absolute Gasteiger partial charge is 0.251 e. The Kier molecular flexibility index (Phi) is 4.37. The molecule has 1 aromatic heterocycles. The molecule has 4 heteroatoms. The van der Waals surface area contributed by atoms with Gasteiger partial charge in [0.1, 0.15) is 5.15 Å². The highest BCUT2D eigenvalue weighted by atomic mass is 35.5. The zero-order valence-corrected chi connectivity index (χ0v) is 11.3. The second-order valence-corrected chi connectivity index (χ2v) is 4.99. The van der Waals surface area contributed by atoms with Crippen molar-refractivity contribution in [1.82, 2.24) is 4.98 Å². The minimum Gasteiger partial charge on any atom is -0.321 e. The second kappa shape index (κ2) is 6.01. The Bertz CT molecular complexity index is 483. The largest absolute Gasteiger partial charge is 0.321 e. The molecule has 1 aliphatic rings. The van der Waals surface area contributed by atoms with E-state index >= 15 is 0 Å². The zero-order chi connectivity index (χ0) is 13.0. The molecule has 0 fully saturated rings. The Morgan fingerprint density at radius 1 is 1.39 bits per heavy atom. The van der Waals surface area contributed by atoms with Crippen LogP contribution in [0.1, 0.15) is 37.7 Å². The Labute approximate surface area is 112 Å². The van der Waals surface area contributed by atoms with Gasteiger partial charge in [0.2, 0.25) is 0 Å². The van der Waals surface area contributed by atoms with Crippen LogP contribution in [0.4, 0.5) is 5.69 Å². The van der Waals surface area contributed by atoms with Gasteiger partial charge in [-0.1, -0.05) is 24.1 Å². The summed E-state index contributed by atoms with van der Waals surface area (Å²) in [6.45, 7) is 1.91. The molecule has 1 N–H and O–H groups in total. The normalized spacial score (nSPS) is 15.8. The highest BCUT2D eigenvalue weighted by Crippen LogP contribution is 2.21. The van der Waals surface area contributed by atoms with Crippen LogP contribution in [0.5, 0.6) is 0 Å². The van der Waals surface area contributed by atoms with Crippen LogP contribution in [0, 0.1) is 6.92 Å². The highest BCUT2D eigenvalue weighted by molar-refractivity contribution is 6.29. The second-order valence-electron chi connectivity index (χ2n) is 4.60. The SMILES string of the molecule is Cc1cc(Cl)ncc1NC(=O)C1=CCCCCC1. The first-order valence-corrected chi connectivity index (χ1v) is 6.67.